The number of aliphatic hydroxyl groups excluding tert-OH is 1. The second-order valence-corrected chi connectivity index (χ2v) is 4.10. The number of aliphatic hydroxyl groups is 1. The highest BCUT2D eigenvalue weighted by Gasteiger charge is 2.33. The van der Waals surface area contributed by atoms with Gasteiger partial charge in [0, 0.05) is 18.6 Å². The summed E-state index contributed by atoms with van der Waals surface area (Å²) in [5.74, 6) is 0. The molecule has 66 valence electrons. The van der Waals surface area contributed by atoms with Gasteiger partial charge in [0.05, 0.1) is 0 Å². The van der Waals surface area contributed by atoms with Crippen LogP contribution in [0.25, 0.3) is 0 Å². The molecule has 2 heteroatoms. The van der Waals surface area contributed by atoms with Gasteiger partial charge in [0.1, 0.15) is 0 Å². The van der Waals surface area contributed by atoms with Gasteiger partial charge in [-0.05, 0) is 26.9 Å². The van der Waals surface area contributed by atoms with Crippen molar-refractivity contribution in [3.05, 3.63) is 0 Å². The fourth-order valence-corrected chi connectivity index (χ4v) is 2.16. The molecule has 0 heterocycles. The molecule has 0 bridgehead atoms. The normalized spacial score (nSPS) is 22.9. The van der Waals surface area contributed by atoms with E-state index in [0.717, 1.165) is 6.54 Å². The van der Waals surface area contributed by atoms with Gasteiger partial charge in [-0.2, -0.15) is 0 Å². The largest absolute Gasteiger partial charge is 0.396 e. The first kappa shape index (κ1) is 9.01. The van der Waals surface area contributed by atoms with Crippen LogP contribution in [0.4, 0.5) is 0 Å². The van der Waals surface area contributed by atoms with E-state index in [0.29, 0.717) is 6.61 Å². The molecule has 11 heavy (non-hydrogen) atoms. The van der Waals surface area contributed by atoms with Gasteiger partial charge in [0.25, 0.3) is 0 Å². The average molecular weight is 157 g/mol. The van der Waals surface area contributed by atoms with E-state index in [2.05, 4.69) is 19.0 Å². The summed E-state index contributed by atoms with van der Waals surface area (Å²) >= 11 is 0. The summed E-state index contributed by atoms with van der Waals surface area (Å²) in [4.78, 5) is 2.18. The summed E-state index contributed by atoms with van der Waals surface area (Å²) in [5, 5.41) is 9.24. The zero-order valence-corrected chi connectivity index (χ0v) is 7.64. The SMILES string of the molecule is CN(C)CC1(CO)CCCC1. The Morgan fingerprint density at radius 3 is 2.18 bits per heavy atom. The first-order chi connectivity index (χ1) is 5.18. The van der Waals surface area contributed by atoms with Crippen molar-refractivity contribution in [2.45, 2.75) is 25.7 Å². The van der Waals surface area contributed by atoms with Gasteiger partial charge >= 0.3 is 0 Å². The Labute approximate surface area is 69.2 Å². The maximum Gasteiger partial charge on any atom is 0.0499 e. The maximum atomic E-state index is 9.24. The third-order valence-corrected chi connectivity index (χ3v) is 2.65. The molecule has 1 aliphatic rings. The van der Waals surface area contributed by atoms with Crippen LogP contribution in [0, 0.1) is 5.41 Å². The zero-order valence-electron chi connectivity index (χ0n) is 7.64. The van der Waals surface area contributed by atoms with E-state index >= 15 is 0 Å². The van der Waals surface area contributed by atoms with Crippen LogP contribution in [0.1, 0.15) is 25.7 Å². The van der Waals surface area contributed by atoms with E-state index in [1.165, 1.54) is 25.7 Å². The topological polar surface area (TPSA) is 23.5 Å². The van der Waals surface area contributed by atoms with Gasteiger partial charge in [-0.25, -0.2) is 0 Å². The predicted molar refractivity (Wildman–Crippen MR) is 46.5 cm³/mol. The predicted octanol–water partition coefficient (Wildman–Crippen LogP) is 1.10. The minimum atomic E-state index is 0.240. The highest BCUT2D eigenvalue weighted by molar-refractivity contribution is 4.85. The van der Waals surface area contributed by atoms with Crippen molar-refractivity contribution in [1.82, 2.24) is 4.90 Å². The van der Waals surface area contributed by atoms with E-state index in [1.807, 2.05) is 0 Å². The monoisotopic (exact) mass is 157 g/mol. The molecule has 0 unspecified atom stereocenters. The van der Waals surface area contributed by atoms with Crippen molar-refractivity contribution in [3.63, 3.8) is 0 Å². The van der Waals surface area contributed by atoms with Crippen molar-refractivity contribution >= 4 is 0 Å². The fourth-order valence-electron chi connectivity index (χ4n) is 2.16. The molecule has 0 amide bonds. The van der Waals surface area contributed by atoms with Gasteiger partial charge in [-0.15, -0.1) is 0 Å². The molecule has 2 nitrogen and oxygen atoms in total. The Kier molecular flexibility index (Phi) is 2.90. The maximum absolute atomic E-state index is 9.24. The van der Waals surface area contributed by atoms with Crippen molar-refractivity contribution in [2.75, 3.05) is 27.2 Å². The molecule has 1 N–H and O–H groups in total. The molecule has 0 aliphatic heterocycles. The van der Waals surface area contributed by atoms with Crippen molar-refractivity contribution < 1.29 is 5.11 Å². The van der Waals surface area contributed by atoms with Crippen LogP contribution in [-0.2, 0) is 0 Å². The first-order valence-electron chi connectivity index (χ1n) is 4.44. The Morgan fingerprint density at radius 1 is 1.27 bits per heavy atom. The quantitative estimate of drug-likeness (QED) is 0.663. The van der Waals surface area contributed by atoms with Gasteiger partial charge in [0.2, 0.25) is 0 Å². The van der Waals surface area contributed by atoms with Crippen LogP contribution < -0.4 is 0 Å². The van der Waals surface area contributed by atoms with Crippen LogP contribution in [0.15, 0.2) is 0 Å². The molecule has 0 radical (unpaired) electrons. The van der Waals surface area contributed by atoms with Gasteiger partial charge in [-0.1, -0.05) is 12.8 Å². The molecule has 0 aromatic heterocycles. The average Bonchev–Trinajstić information content (AvgIpc) is 2.36. The van der Waals surface area contributed by atoms with E-state index in [4.69, 9.17) is 0 Å². The molecular weight excluding hydrogens is 138 g/mol. The summed E-state index contributed by atoms with van der Waals surface area (Å²) in [6, 6.07) is 0. The lowest BCUT2D eigenvalue weighted by Gasteiger charge is -2.29. The summed E-state index contributed by atoms with van der Waals surface area (Å²) in [5.41, 5.74) is 0.240. The molecular formula is C9H19NO. The first-order valence-corrected chi connectivity index (χ1v) is 4.44. The van der Waals surface area contributed by atoms with Crippen LogP contribution >= 0.6 is 0 Å². The third kappa shape index (κ3) is 2.17. The van der Waals surface area contributed by atoms with Crippen molar-refractivity contribution in [3.8, 4) is 0 Å². The fraction of sp³-hybridized carbons (Fsp3) is 1.00. The highest BCUT2D eigenvalue weighted by atomic mass is 16.3. The van der Waals surface area contributed by atoms with Crippen molar-refractivity contribution in [1.29, 1.82) is 0 Å². The molecule has 0 spiro atoms. The zero-order chi connectivity index (χ0) is 8.32. The molecule has 1 fully saturated rings. The number of hydrogen-bond acceptors (Lipinski definition) is 2. The molecule has 1 aliphatic carbocycles. The van der Waals surface area contributed by atoms with Crippen LogP contribution in [-0.4, -0.2) is 37.3 Å². The lowest BCUT2D eigenvalue weighted by atomic mass is 9.87. The molecule has 0 saturated heterocycles. The molecule has 0 aromatic carbocycles. The Bertz CT molecular complexity index is 117. The van der Waals surface area contributed by atoms with Gasteiger partial charge < -0.3 is 10.0 Å². The number of hydrogen-bond donors (Lipinski definition) is 1. The molecule has 0 aromatic rings. The summed E-state index contributed by atoms with van der Waals surface area (Å²) in [6.07, 6.45) is 5.02. The van der Waals surface area contributed by atoms with E-state index in [-0.39, 0.29) is 5.41 Å². The van der Waals surface area contributed by atoms with Crippen molar-refractivity contribution in [2.24, 2.45) is 5.41 Å². The van der Waals surface area contributed by atoms with Gasteiger partial charge in [-0.3, -0.25) is 0 Å². The number of rotatable bonds is 3. The highest BCUT2D eigenvalue weighted by Crippen LogP contribution is 2.37. The van der Waals surface area contributed by atoms with Crippen LogP contribution in [0.5, 0.6) is 0 Å². The summed E-state index contributed by atoms with van der Waals surface area (Å²) < 4.78 is 0. The summed E-state index contributed by atoms with van der Waals surface area (Å²) in [6.45, 7) is 1.41. The minimum Gasteiger partial charge on any atom is -0.396 e. The Hall–Kier alpha value is -0.0800. The third-order valence-electron chi connectivity index (χ3n) is 2.65. The lowest BCUT2D eigenvalue weighted by Crippen LogP contribution is -2.34. The molecule has 0 atom stereocenters. The van der Waals surface area contributed by atoms with Crippen LogP contribution in [0.2, 0.25) is 0 Å². The van der Waals surface area contributed by atoms with E-state index < -0.39 is 0 Å². The van der Waals surface area contributed by atoms with Crippen LogP contribution in [0.3, 0.4) is 0 Å². The summed E-state index contributed by atoms with van der Waals surface area (Å²) in [7, 11) is 4.16. The van der Waals surface area contributed by atoms with Gasteiger partial charge in [0.15, 0.2) is 0 Å². The second kappa shape index (κ2) is 3.55. The smallest absolute Gasteiger partial charge is 0.0499 e. The minimum absolute atomic E-state index is 0.240. The van der Waals surface area contributed by atoms with E-state index in [1.54, 1.807) is 0 Å². The standard InChI is InChI=1S/C9H19NO/c1-10(2)7-9(8-11)5-3-4-6-9/h11H,3-8H2,1-2H3. The van der Waals surface area contributed by atoms with E-state index in [9.17, 15) is 5.11 Å². The molecule has 1 saturated carbocycles. The second-order valence-electron chi connectivity index (χ2n) is 4.10. The number of nitrogens with zero attached hydrogens (tertiary/aromatic N) is 1. The Balaban J connectivity index is 2.45. The Morgan fingerprint density at radius 2 is 1.82 bits per heavy atom. The molecule has 1 rings (SSSR count). The lowest BCUT2D eigenvalue weighted by molar-refractivity contribution is 0.0979.